The SMILES string of the molecule is CCCCCCCCCCCCCC(COCOCOCC(CCCCCCCCCCCCC)(OCCCC)OCCCC)(OCCCC)OCCCC. The molecule has 0 aliphatic carbocycles. The molecular weight excluding hydrogens is 689 g/mol. The van der Waals surface area contributed by atoms with Crippen LogP contribution in [0.4, 0.5) is 0 Å². The third-order valence-electron chi connectivity index (χ3n) is 10.8. The van der Waals surface area contributed by atoms with Crippen molar-refractivity contribution in [3.63, 3.8) is 0 Å². The number of hydrogen-bond donors (Lipinski definition) is 0. The molecule has 0 bridgehead atoms. The fraction of sp³-hybridized carbons (Fsp3) is 1.00. The van der Waals surface area contributed by atoms with Gasteiger partial charge in [-0.05, 0) is 38.5 Å². The topological polar surface area (TPSA) is 64.6 Å². The molecule has 0 aliphatic heterocycles. The summed E-state index contributed by atoms with van der Waals surface area (Å²) in [4.78, 5) is 0. The molecule has 0 aromatic rings. The summed E-state index contributed by atoms with van der Waals surface area (Å²) in [6, 6.07) is 0. The Labute approximate surface area is 344 Å². The second-order valence-electron chi connectivity index (χ2n) is 16.3. The second-order valence-corrected chi connectivity index (χ2v) is 16.3. The monoisotopic (exact) mass is 787 g/mol. The van der Waals surface area contributed by atoms with Crippen molar-refractivity contribution >= 4 is 0 Å². The molecule has 55 heavy (non-hydrogen) atoms. The molecule has 0 heterocycles. The van der Waals surface area contributed by atoms with Crippen LogP contribution in [0.3, 0.4) is 0 Å². The highest BCUT2D eigenvalue weighted by Gasteiger charge is 2.33. The molecule has 0 saturated heterocycles. The van der Waals surface area contributed by atoms with Gasteiger partial charge in [-0.3, -0.25) is 0 Å². The van der Waals surface area contributed by atoms with E-state index >= 15 is 0 Å². The largest absolute Gasteiger partial charge is 0.350 e. The first-order valence-electron chi connectivity index (χ1n) is 24.4. The Bertz CT molecular complexity index is 642. The molecule has 0 radical (unpaired) electrons. The van der Waals surface area contributed by atoms with Crippen molar-refractivity contribution in [2.45, 2.75) is 259 Å². The summed E-state index contributed by atoms with van der Waals surface area (Å²) in [5.74, 6) is -1.45. The summed E-state index contributed by atoms with van der Waals surface area (Å²) in [6.07, 6.45) is 39.2. The van der Waals surface area contributed by atoms with Gasteiger partial charge >= 0.3 is 0 Å². The Balaban J connectivity index is 4.95. The average Bonchev–Trinajstić information content (AvgIpc) is 3.19. The molecule has 0 saturated carbocycles. The summed E-state index contributed by atoms with van der Waals surface area (Å²) in [5, 5.41) is 0. The van der Waals surface area contributed by atoms with Crippen molar-refractivity contribution in [2.75, 3.05) is 53.2 Å². The molecule has 0 aliphatic rings. The zero-order valence-electron chi connectivity index (χ0n) is 38.1. The smallest absolute Gasteiger partial charge is 0.191 e. The van der Waals surface area contributed by atoms with E-state index in [1.54, 1.807) is 0 Å². The lowest BCUT2D eigenvalue weighted by molar-refractivity contribution is -0.289. The van der Waals surface area contributed by atoms with Crippen LogP contribution in [0, 0.1) is 0 Å². The molecule has 0 rings (SSSR count). The van der Waals surface area contributed by atoms with E-state index in [1.165, 1.54) is 128 Å². The molecule has 7 heteroatoms. The Kier molecular flexibility index (Phi) is 43.1. The maximum Gasteiger partial charge on any atom is 0.191 e. The summed E-state index contributed by atoms with van der Waals surface area (Å²) >= 11 is 0. The van der Waals surface area contributed by atoms with Crippen molar-refractivity contribution in [1.82, 2.24) is 0 Å². The van der Waals surface area contributed by atoms with Crippen LogP contribution in [0.15, 0.2) is 0 Å². The Hall–Kier alpha value is -0.280. The summed E-state index contributed by atoms with van der Waals surface area (Å²) in [6.45, 7) is 17.1. The van der Waals surface area contributed by atoms with Gasteiger partial charge in [0, 0.05) is 12.8 Å². The second kappa shape index (κ2) is 43.3. The normalized spacial score (nSPS) is 12.3. The maximum absolute atomic E-state index is 6.50. The van der Waals surface area contributed by atoms with Gasteiger partial charge < -0.3 is 33.2 Å². The minimum atomic E-state index is -0.724. The van der Waals surface area contributed by atoms with Gasteiger partial charge in [0.2, 0.25) is 0 Å². The maximum atomic E-state index is 6.50. The first-order valence-corrected chi connectivity index (χ1v) is 24.4. The van der Waals surface area contributed by atoms with E-state index in [0.717, 1.165) is 77.0 Å². The van der Waals surface area contributed by atoms with Crippen molar-refractivity contribution in [3.05, 3.63) is 0 Å². The third kappa shape index (κ3) is 35.4. The number of rotatable bonds is 48. The summed E-state index contributed by atoms with van der Waals surface area (Å²) < 4.78 is 44.1. The molecule has 0 unspecified atom stereocenters. The quantitative estimate of drug-likeness (QED) is 0.0449. The highest BCUT2D eigenvalue weighted by Crippen LogP contribution is 2.26. The van der Waals surface area contributed by atoms with E-state index < -0.39 is 11.6 Å². The Morgan fingerprint density at radius 1 is 0.255 bits per heavy atom. The van der Waals surface area contributed by atoms with Gasteiger partial charge in [-0.2, -0.15) is 0 Å². The van der Waals surface area contributed by atoms with Gasteiger partial charge in [0.25, 0.3) is 0 Å². The highest BCUT2D eigenvalue weighted by atomic mass is 16.8. The van der Waals surface area contributed by atoms with E-state index in [0.29, 0.717) is 39.6 Å². The van der Waals surface area contributed by atoms with E-state index in [1.807, 2.05) is 0 Å². The van der Waals surface area contributed by atoms with Gasteiger partial charge in [0.1, 0.15) is 26.8 Å². The van der Waals surface area contributed by atoms with Crippen LogP contribution in [-0.4, -0.2) is 64.8 Å². The van der Waals surface area contributed by atoms with E-state index in [9.17, 15) is 0 Å². The van der Waals surface area contributed by atoms with Crippen LogP contribution >= 0.6 is 0 Å². The standard InChI is InChI=1S/C48H98O7/c1-7-13-19-21-23-25-27-29-31-33-35-37-47(52-39-15-9-3,53-40-16-10-4)43-49-45-51-46-50-44-48(54-41-17-11-5,55-42-18-12-6)38-36-34-32-30-28-26-24-22-20-14-8-2/h7-46H2,1-6H3. The minimum absolute atomic E-state index is 0.132. The van der Waals surface area contributed by atoms with Crippen molar-refractivity contribution in [1.29, 1.82) is 0 Å². The van der Waals surface area contributed by atoms with Crippen LogP contribution in [-0.2, 0) is 33.2 Å². The van der Waals surface area contributed by atoms with Gasteiger partial charge in [0.05, 0.1) is 26.4 Å². The first kappa shape index (κ1) is 54.7. The lowest BCUT2D eigenvalue weighted by atomic mass is 10.0. The van der Waals surface area contributed by atoms with Crippen molar-refractivity contribution < 1.29 is 33.2 Å². The average molecular weight is 787 g/mol. The van der Waals surface area contributed by atoms with Crippen molar-refractivity contribution in [2.24, 2.45) is 0 Å². The molecule has 0 atom stereocenters. The predicted octanol–water partition coefficient (Wildman–Crippen LogP) is 15.0. The van der Waals surface area contributed by atoms with Crippen LogP contribution < -0.4 is 0 Å². The molecule has 0 fully saturated rings. The number of unbranched alkanes of at least 4 members (excludes halogenated alkanes) is 24. The van der Waals surface area contributed by atoms with E-state index in [2.05, 4.69) is 41.5 Å². The lowest BCUT2D eigenvalue weighted by Crippen LogP contribution is -2.42. The van der Waals surface area contributed by atoms with Crippen LogP contribution in [0.25, 0.3) is 0 Å². The fourth-order valence-corrected chi connectivity index (χ4v) is 6.96. The van der Waals surface area contributed by atoms with Crippen LogP contribution in [0.1, 0.15) is 247 Å². The van der Waals surface area contributed by atoms with E-state index in [-0.39, 0.29) is 13.6 Å². The molecule has 0 N–H and O–H groups in total. The summed E-state index contributed by atoms with van der Waals surface area (Å²) in [5.41, 5.74) is 0. The van der Waals surface area contributed by atoms with Crippen LogP contribution in [0.2, 0.25) is 0 Å². The molecule has 0 spiro atoms. The van der Waals surface area contributed by atoms with Gasteiger partial charge in [0.15, 0.2) is 11.6 Å². The number of ether oxygens (including phenoxy) is 7. The van der Waals surface area contributed by atoms with Gasteiger partial charge in [-0.1, -0.05) is 196 Å². The van der Waals surface area contributed by atoms with E-state index in [4.69, 9.17) is 33.2 Å². The summed E-state index contributed by atoms with van der Waals surface area (Å²) in [7, 11) is 0. The Morgan fingerprint density at radius 2 is 0.491 bits per heavy atom. The number of hydrogen-bond acceptors (Lipinski definition) is 7. The van der Waals surface area contributed by atoms with Crippen molar-refractivity contribution in [3.8, 4) is 0 Å². The molecule has 0 aromatic carbocycles. The van der Waals surface area contributed by atoms with Gasteiger partial charge in [-0.25, -0.2) is 0 Å². The zero-order chi connectivity index (χ0) is 40.2. The molecule has 0 aromatic heterocycles. The zero-order valence-corrected chi connectivity index (χ0v) is 38.1. The fourth-order valence-electron chi connectivity index (χ4n) is 6.96. The molecule has 7 nitrogen and oxygen atoms in total. The first-order chi connectivity index (χ1) is 27.1. The lowest BCUT2D eigenvalue weighted by Gasteiger charge is -2.34. The molecular formula is C48H98O7. The molecule has 332 valence electrons. The highest BCUT2D eigenvalue weighted by molar-refractivity contribution is 4.72. The van der Waals surface area contributed by atoms with Crippen LogP contribution in [0.5, 0.6) is 0 Å². The molecule has 0 amide bonds. The predicted molar refractivity (Wildman–Crippen MR) is 234 cm³/mol. The minimum Gasteiger partial charge on any atom is -0.350 e. The Morgan fingerprint density at radius 3 is 0.745 bits per heavy atom. The third-order valence-corrected chi connectivity index (χ3v) is 10.8. The van der Waals surface area contributed by atoms with Gasteiger partial charge in [-0.15, -0.1) is 0 Å².